The summed E-state index contributed by atoms with van der Waals surface area (Å²) < 4.78 is 0. The van der Waals surface area contributed by atoms with E-state index >= 15 is 0 Å². The van der Waals surface area contributed by atoms with Gasteiger partial charge in [-0.3, -0.25) is 0 Å². The lowest BCUT2D eigenvalue weighted by molar-refractivity contribution is 0.476. The van der Waals surface area contributed by atoms with Gasteiger partial charge in [-0.25, -0.2) is 0 Å². The van der Waals surface area contributed by atoms with E-state index in [1.165, 1.54) is 0 Å². The normalized spacial score (nSPS) is 10.3. The van der Waals surface area contributed by atoms with E-state index in [4.69, 9.17) is 28.9 Å². The third kappa shape index (κ3) is 2.81. The average molecular weight is 283 g/mol. The van der Waals surface area contributed by atoms with Gasteiger partial charge >= 0.3 is 0 Å². The summed E-state index contributed by atoms with van der Waals surface area (Å²) >= 11 is 11.7. The van der Waals surface area contributed by atoms with Gasteiger partial charge in [0.25, 0.3) is 0 Å². The van der Waals surface area contributed by atoms with E-state index in [9.17, 15) is 5.11 Å². The Morgan fingerprint density at radius 2 is 1.72 bits per heavy atom. The van der Waals surface area contributed by atoms with Crippen LogP contribution in [0.2, 0.25) is 10.0 Å². The standard InChI is InChI=1S/C13H12Cl2N2O/c14-10-5-9(6-11(15)13(10)18)17-7-8-3-1-2-4-12(8)16/h1-6,17-18H,7,16H2. The molecule has 0 saturated carbocycles. The van der Waals surface area contributed by atoms with Crippen LogP contribution in [0.15, 0.2) is 36.4 Å². The van der Waals surface area contributed by atoms with Crippen molar-refractivity contribution in [3.8, 4) is 5.75 Å². The number of hydrogen-bond acceptors (Lipinski definition) is 3. The molecule has 0 aliphatic rings. The molecule has 0 bridgehead atoms. The Bertz CT molecular complexity index is 550. The second-order valence-electron chi connectivity index (χ2n) is 3.84. The van der Waals surface area contributed by atoms with Gasteiger partial charge in [0.05, 0.1) is 10.0 Å². The summed E-state index contributed by atoms with van der Waals surface area (Å²) in [5.41, 5.74) is 8.27. The lowest BCUT2D eigenvalue weighted by atomic mass is 10.2. The number of halogens is 2. The van der Waals surface area contributed by atoms with Crippen molar-refractivity contribution >= 4 is 34.6 Å². The fraction of sp³-hybridized carbons (Fsp3) is 0.0769. The molecule has 0 atom stereocenters. The van der Waals surface area contributed by atoms with E-state index in [0.717, 1.165) is 16.9 Å². The van der Waals surface area contributed by atoms with Gasteiger partial charge in [-0.1, -0.05) is 41.4 Å². The molecule has 0 fully saturated rings. The summed E-state index contributed by atoms with van der Waals surface area (Å²) in [5, 5.41) is 13.0. The highest BCUT2D eigenvalue weighted by Crippen LogP contribution is 2.34. The molecular formula is C13H12Cl2N2O. The second-order valence-corrected chi connectivity index (χ2v) is 4.66. The van der Waals surface area contributed by atoms with Gasteiger partial charge in [-0.2, -0.15) is 0 Å². The van der Waals surface area contributed by atoms with Crippen LogP contribution in [0.3, 0.4) is 0 Å². The minimum absolute atomic E-state index is 0.108. The zero-order valence-electron chi connectivity index (χ0n) is 9.45. The number of nitrogens with one attached hydrogen (secondary N) is 1. The lowest BCUT2D eigenvalue weighted by Crippen LogP contribution is -2.02. The molecule has 0 heterocycles. The smallest absolute Gasteiger partial charge is 0.152 e. The zero-order chi connectivity index (χ0) is 13.1. The fourth-order valence-corrected chi connectivity index (χ4v) is 2.05. The maximum absolute atomic E-state index is 9.45. The molecule has 3 nitrogen and oxygen atoms in total. The first-order valence-corrected chi connectivity index (χ1v) is 6.09. The van der Waals surface area contributed by atoms with Crippen LogP contribution in [0.4, 0.5) is 11.4 Å². The van der Waals surface area contributed by atoms with Gasteiger partial charge in [-0.05, 0) is 23.8 Å². The number of nitrogen functional groups attached to an aromatic ring is 1. The third-order valence-electron chi connectivity index (χ3n) is 2.55. The molecule has 0 radical (unpaired) electrons. The highest BCUT2D eigenvalue weighted by atomic mass is 35.5. The van der Waals surface area contributed by atoms with E-state index < -0.39 is 0 Å². The minimum atomic E-state index is -0.108. The summed E-state index contributed by atoms with van der Waals surface area (Å²) in [7, 11) is 0. The Labute approximate surface area is 115 Å². The average Bonchev–Trinajstić information content (AvgIpc) is 2.35. The fourth-order valence-electron chi connectivity index (χ4n) is 1.56. The minimum Gasteiger partial charge on any atom is -0.505 e. The third-order valence-corrected chi connectivity index (χ3v) is 3.13. The molecule has 0 amide bonds. The van der Waals surface area contributed by atoms with Crippen molar-refractivity contribution in [1.29, 1.82) is 0 Å². The molecule has 94 valence electrons. The van der Waals surface area contributed by atoms with Crippen LogP contribution >= 0.6 is 23.2 Å². The largest absolute Gasteiger partial charge is 0.505 e. The predicted molar refractivity (Wildman–Crippen MR) is 76.3 cm³/mol. The maximum Gasteiger partial charge on any atom is 0.152 e. The molecule has 0 aliphatic heterocycles. The van der Waals surface area contributed by atoms with Crippen molar-refractivity contribution in [2.45, 2.75) is 6.54 Å². The quantitative estimate of drug-likeness (QED) is 0.591. The van der Waals surface area contributed by atoms with Crippen molar-refractivity contribution in [2.24, 2.45) is 0 Å². The number of hydrogen-bond donors (Lipinski definition) is 3. The van der Waals surface area contributed by atoms with Gasteiger partial charge in [0, 0.05) is 17.9 Å². The first-order valence-electron chi connectivity index (χ1n) is 5.33. The summed E-state index contributed by atoms with van der Waals surface area (Å²) in [6, 6.07) is 10.8. The van der Waals surface area contributed by atoms with E-state index in [2.05, 4.69) is 5.32 Å². The number of benzene rings is 2. The van der Waals surface area contributed by atoms with Crippen molar-refractivity contribution in [1.82, 2.24) is 0 Å². The molecule has 0 unspecified atom stereocenters. The molecule has 0 saturated heterocycles. The van der Waals surface area contributed by atoms with Crippen molar-refractivity contribution in [3.05, 3.63) is 52.0 Å². The van der Waals surface area contributed by atoms with Gasteiger partial charge in [0.15, 0.2) is 5.75 Å². The van der Waals surface area contributed by atoms with Crippen LogP contribution in [0.5, 0.6) is 5.75 Å². The monoisotopic (exact) mass is 282 g/mol. The van der Waals surface area contributed by atoms with Crippen molar-refractivity contribution in [2.75, 3.05) is 11.1 Å². The number of para-hydroxylation sites is 1. The van der Waals surface area contributed by atoms with Gasteiger partial charge < -0.3 is 16.2 Å². The second kappa shape index (κ2) is 5.38. The molecule has 2 aromatic rings. The summed E-state index contributed by atoms with van der Waals surface area (Å²) in [4.78, 5) is 0. The van der Waals surface area contributed by atoms with Crippen LogP contribution in [-0.4, -0.2) is 5.11 Å². The Balaban J connectivity index is 2.14. The van der Waals surface area contributed by atoms with Crippen molar-refractivity contribution in [3.63, 3.8) is 0 Å². The van der Waals surface area contributed by atoms with Gasteiger partial charge in [-0.15, -0.1) is 0 Å². The first-order chi connectivity index (χ1) is 8.58. The predicted octanol–water partition coefficient (Wildman–Crippen LogP) is 3.89. The molecule has 4 N–H and O–H groups in total. The summed E-state index contributed by atoms with van der Waals surface area (Å²) in [5.74, 6) is -0.108. The van der Waals surface area contributed by atoms with Crippen LogP contribution in [-0.2, 0) is 6.54 Å². The molecule has 0 aliphatic carbocycles. The summed E-state index contributed by atoms with van der Waals surface area (Å²) in [6.45, 7) is 0.560. The van der Waals surface area contributed by atoms with Crippen LogP contribution in [0, 0.1) is 0 Å². The topological polar surface area (TPSA) is 58.3 Å². The van der Waals surface area contributed by atoms with Gasteiger partial charge in [0.2, 0.25) is 0 Å². The number of anilines is 2. The van der Waals surface area contributed by atoms with E-state index in [0.29, 0.717) is 6.54 Å². The van der Waals surface area contributed by atoms with Crippen LogP contribution in [0.25, 0.3) is 0 Å². The molecule has 0 spiro atoms. The zero-order valence-corrected chi connectivity index (χ0v) is 11.0. The summed E-state index contributed by atoms with van der Waals surface area (Å²) in [6.07, 6.45) is 0. The van der Waals surface area contributed by atoms with Gasteiger partial charge in [0.1, 0.15) is 0 Å². The maximum atomic E-state index is 9.45. The number of aromatic hydroxyl groups is 1. The first kappa shape index (κ1) is 12.9. The molecule has 2 rings (SSSR count). The molecule has 2 aromatic carbocycles. The highest BCUT2D eigenvalue weighted by molar-refractivity contribution is 6.37. The number of nitrogens with two attached hydrogens (primary N) is 1. The number of rotatable bonds is 3. The molecule has 18 heavy (non-hydrogen) atoms. The molecular weight excluding hydrogens is 271 g/mol. The van der Waals surface area contributed by atoms with E-state index in [-0.39, 0.29) is 15.8 Å². The van der Waals surface area contributed by atoms with Crippen LogP contribution in [0.1, 0.15) is 5.56 Å². The van der Waals surface area contributed by atoms with Crippen LogP contribution < -0.4 is 11.1 Å². The van der Waals surface area contributed by atoms with E-state index in [1.54, 1.807) is 12.1 Å². The molecule has 5 heteroatoms. The number of phenols is 1. The Hall–Kier alpha value is -1.58. The Morgan fingerprint density at radius 3 is 2.33 bits per heavy atom. The Morgan fingerprint density at radius 1 is 1.11 bits per heavy atom. The highest BCUT2D eigenvalue weighted by Gasteiger charge is 2.06. The molecule has 0 aromatic heterocycles. The SMILES string of the molecule is Nc1ccccc1CNc1cc(Cl)c(O)c(Cl)c1. The Kier molecular flexibility index (Phi) is 3.84. The van der Waals surface area contributed by atoms with E-state index in [1.807, 2.05) is 24.3 Å². The number of phenolic OH excluding ortho intramolecular Hbond substituents is 1. The van der Waals surface area contributed by atoms with Crippen molar-refractivity contribution < 1.29 is 5.11 Å². The lowest BCUT2D eigenvalue weighted by Gasteiger charge is -2.10.